The smallest absolute Gasteiger partial charge is 0.307 e. The van der Waals surface area contributed by atoms with Crippen LogP contribution in [0.4, 0.5) is 5.69 Å². The Bertz CT molecular complexity index is 439. The van der Waals surface area contributed by atoms with Gasteiger partial charge < -0.3 is 10.5 Å². The molecule has 1 aromatic carbocycles. The molecule has 0 atom stereocenters. The van der Waals surface area contributed by atoms with Gasteiger partial charge in [-0.15, -0.1) is 0 Å². The van der Waals surface area contributed by atoms with E-state index in [1.165, 1.54) is 5.56 Å². The minimum atomic E-state index is -0.408. The van der Waals surface area contributed by atoms with E-state index in [9.17, 15) is 4.79 Å². The van der Waals surface area contributed by atoms with Crippen LogP contribution in [-0.2, 0) is 14.9 Å². The van der Waals surface area contributed by atoms with Crippen molar-refractivity contribution >= 4 is 11.7 Å². The van der Waals surface area contributed by atoms with E-state index in [1.54, 1.807) is 0 Å². The van der Waals surface area contributed by atoms with E-state index in [0.29, 0.717) is 6.42 Å². The first-order valence-corrected chi connectivity index (χ1v) is 6.39. The van der Waals surface area contributed by atoms with Crippen LogP contribution in [0.15, 0.2) is 24.3 Å². The van der Waals surface area contributed by atoms with Crippen LogP contribution in [0.5, 0.6) is 0 Å². The molecule has 0 aromatic heterocycles. The maximum absolute atomic E-state index is 11.9. The zero-order valence-electron chi connectivity index (χ0n) is 11.3. The average molecular weight is 247 g/mol. The second-order valence-corrected chi connectivity index (χ2v) is 6.17. The molecule has 2 rings (SSSR count). The van der Waals surface area contributed by atoms with Gasteiger partial charge in [-0.25, -0.2) is 0 Å². The lowest BCUT2D eigenvalue weighted by atomic mass is 9.92. The van der Waals surface area contributed by atoms with Crippen molar-refractivity contribution in [3.05, 3.63) is 29.8 Å². The number of anilines is 1. The Morgan fingerprint density at radius 1 is 1.28 bits per heavy atom. The van der Waals surface area contributed by atoms with Crippen LogP contribution in [0, 0.1) is 0 Å². The van der Waals surface area contributed by atoms with Crippen molar-refractivity contribution in [2.75, 3.05) is 5.73 Å². The second-order valence-electron chi connectivity index (χ2n) is 6.17. The van der Waals surface area contributed by atoms with E-state index in [-0.39, 0.29) is 11.4 Å². The Hall–Kier alpha value is -1.51. The topological polar surface area (TPSA) is 52.3 Å². The van der Waals surface area contributed by atoms with Crippen LogP contribution in [0.25, 0.3) is 0 Å². The molecular formula is C15H21NO2. The molecule has 1 aromatic rings. The molecular weight excluding hydrogens is 226 g/mol. The fraction of sp³-hybridized carbons (Fsp3) is 0.533. The number of benzene rings is 1. The normalized spacial score (nSPS) is 17.3. The maximum Gasteiger partial charge on any atom is 0.307 e. The molecule has 98 valence electrons. The molecule has 3 heteroatoms. The molecule has 0 bridgehead atoms. The summed E-state index contributed by atoms with van der Waals surface area (Å²) in [7, 11) is 0. The van der Waals surface area contributed by atoms with Gasteiger partial charge in [0, 0.05) is 11.1 Å². The van der Waals surface area contributed by atoms with Gasteiger partial charge in [-0.3, -0.25) is 4.79 Å². The fourth-order valence-corrected chi connectivity index (χ4v) is 2.21. The number of carbonyl (C=O) groups excluding carboxylic acids is 1. The number of rotatable bonds is 3. The van der Waals surface area contributed by atoms with Crippen LogP contribution >= 0.6 is 0 Å². The minimum absolute atomic E-state index is 0.00394. The van der Waals surface area contributed by atoms with E-state index in [0.717, 1.165) is 18.5 Å². The van der Waals surface area contributed by atoms with Gasteiger partial charge in [0.25, 0.3) is 0 Å². The summed E-state index contributed by atoms with van der Waals surface area (Å²) in [6.07, 6.45) is 2.57. The van der Waals surface area contributed by atoms with Crippen molar-refractivity contribution in [3.8, 4) is 0 Å². The lowest BCUT2D eigenvalue weighted by molar-refractivity contribution is -0.155. The third-order valence-electron chi connectivity index (χ3n) is 3.28. The molecule has 0 unspecified atom stereocenters. The number of nitrogens with two attached hydrogens (primary N) is 1. The van der Waals surface area contributed by atoms with Gasteiger partial charge in [0.15, 0.2) is 0 Å². The molecule has 18 heavy (non-hydrogen) atoms. The number of carbonyl (C=O) groups is 1. The Morgan fingerprint density at radius 2 is 1.83 bits per heavy atom. The van der Waals surface area contributed by atoms with E-state index < -0.39 is 5.60 Å². The fourth-order valence-electron chi connectivity index (χ4n) is 2.21. The molecule has 2 N–H and O–H groups in total. The standard InChI is InChI=1S/C15H21NO2/c1-14(2,3)18-13(17)10-15(8-9-15)11-4-6-12(16)7-5-11/h4-7H,8-10,16H2,1-3H3. The molecule has 1 aliphatic rings. The monoisotopic (exact) mass is 247 g/mol. The predicted octanol–water partition coefficient (Wildman–Crippen LogP) is 3.03. The number of hydrogen-bond donors (Lipinski definition) is 1. The molecule has 0 radical (unpaired) electrons. The number of esters is 1. The summed E-state index contributed by atoms with van der Waals surface area (Å²) in [4.78, 5) is 11.9. The summed E-state index contributed by atoms with van der Waals surface area (Å²) >= 11 is 0. The van der Waals surface area contributed by atoms with E-state index >= 15 is 0 Å². The Balaban J connectivity index is 2.04. The molecule has 1 fully saturated rings. The van der Waals surface area contributed by atoms with E-state index in [2.05, 4.69) is 0 Å². The molecule has 0 saturated heterocycles. The first-order valence-electron chi connectivity index (χ1n) is 6.39. The highest BCUT2D eigenvalue weighted by atomic mass is 16.6. The molecule has 1 aliphatic carbocycles. The molecule has 0 amide bonds. The zero-order valence-corrected chi connectivity index (χ0v) is 11.3. The van der Waals surface area contributed by atoms with Crippen molar-refractivity contribution in [3.63, 3.8) is 0 Å². The highest BCUT2D eigenvalue weighted by molar-refractivity contribution is 5.73. The largest absolute Gasteiger partial charge is 0.460 e. The summed E-state index contributed by atoms with van der Waals surface area (Å²) in [6, 6.07) is 7.83. The van der Waals surface area contributed by atoms with Gasteiger partial charge >= 0.3 is 5.97 Å². The third-order valence-corrected chi connectivity index (χ3v) is 3.28. The predicted molar refractivity (Wildman–Crippen MR) is 72.2 cm³/mol. The Morgan fingerprint density at radius 3 is 2.28 bits per heavy atom. The van der Waals surface area contributed by atoms with Gasteiger partial charge in [0.2, 0.25) is 0 Å². The van der Waals surface area contributed by atoms with Gasteiger partial charge in [-0.2, -0.15) is 0 Å². The van der Waals surface area contributed by atoms with Crippen molar-refractivity contribution in [1.82, 2.24) is 0 Å². The summed E-state index contributed by atoms with van der Waals surface area (Å²) < 4.78 is 5.40. The van der Waals surface area contributed by atoms with Gasteiger partial charge in [-0.05, 0) is 51.3 Å². The number of hydrogen-bond acceptors (Lipinski definition) is 3. The molecule has 3 nitrogen and oxygen atoms in total. The molecule has 0 spiro atoms. The molecule has 0 heterocycles. The summed E-state index contributed by atoms with van der Waals surface area (Å²) in [5.41, 5.74) is 7.22. The summed E-state index contributed by atoms with van der Waals surface area (Å²) in [5.74, 6) is -0.114. The van der Waals surface area contributed by atoms with Crippen LogP contribution in [0.2, 0.25) is 0 Å². The summed E-state index contributed by atoms with van der Waals surface area (Å²) in [5, 5.41) is 0. The highest BCUT2D eigenvalue weighted by Gasteiger charge is 2.46. The Labute approximate surface area is 108 Å². The first kappa shape index (κ1) is 12.9. The Kier molecular flexibility index (Phi) is 3.09. The van der Waals surface area contributed by atoms with Crippen LogP contribution in [0.3, 0.4) is 0 Å². The van der Waals surface area contributed by atoms with Crippen LogP contribution in [-0.4, -0.2) is 11.6 Å². The first-order chi connectivity index (χ1) is 8.31. The van der Waals surface area contributed by atoms with Crippen molar-refractivity contribution in [1.29, 1.82) is 0 Å². The lowest BCUT2D eigenvalue weighted by Crippen LogP contribution is -2.26. The van der Waals surface area contributed by atoms with Gasteiger partial charge in [0.1, 0.15) is 5.60 Å². The minimum Gasteiger partial charge on any atom is -0.460 e. The van der Waals surface area contributed by atoms with Crippen molar-refractivity contribution in [2.45, 2.75) is 51.0 Å². The van der Waals surface area contributed by atoms with E-state index in [4.69, 9.17) is 10.5 Å². The van der Waals surface area contributed by atoms with Crippen molar-refractivity contribution < 1.29 is 9.53 Å². The second kappa shape index (κ2) is 4.30. The molecule has 1 saturated carbocycles. The molecule has 0 aliphatic heterocycles. The summed E-state index contributed by atoms with van der Waals surface area (Å²) in [6.45, 7) is 5.69. The third kappa shape index (κ3) is 3.03. The average Bonchev–Trinajstić information content (AvgIpc) is 2.96. The van der Waals surface area contributed by atoms with Gasteiger partial charge in [0.05, 0.1) is 6.42 Å². The maximum atomic E-state index is 11.9. The zero-order chi connectivity index (χ0) is 13.4. The lowest BCUT2D eigenvalue weighted by Gasteiger charge is -2.22. The highest BCUT2D eigenvalue weighted by Crippen LogP contribution is 2.51. The van der Waals surface area contributed by atoms with Crippen LogP contribution in [0.1, 0.15) is 45.6 Å². The van der Waals surface area contributed by atoms with E-state index in [1.807, 2.05) is 45.0 Å². The number of ether oxygens (including phenoxy) is 1. The number of nitrogen functional groups attached to an aromatic ring is 1. The van der Waals surface area contributed by atoms with Crippen LogP contribution < -0.4 is 5.73 Å². The van der Waals surface area contributed by atoms with Gasteiger partial charge in [-0.1, -0.05) is 12.1 Å². The van der Waals surface area contributed by atoms with Crippen molar-refractivity contribution in [2.24, 2.45) is 0 Å². The quantitative estimate of drug-likeness (QED) is 0.659. The SMILES string of the molecule is CC(C)(C)OC(=O)CC1(c2ccc(N)cc2)CC1.